The Morgan fingerprint density at radius 3 is 2.33 bits per heavy atom. The first-order valence-corrected chi connectivity index (χ1v) is 9.73. The quantitative estimate of drug-likeness (QED) is 0.353. The lowest BCUT2D eigenvalue weighted by Crippen LogP contribution is -2.14. The first-order chi connectivity index (χ1) is 11.8. The van der Waals surface area contributed by atoms with Crippen molar-refractivity contribution in [1.82, 2.24) is 0 Å². The van der Waals surface area contributed by atoms with Gasteiger partial charge in [0.1, 0.15) is 0 Å². The zero-order valence-electron chi connectivity index (χ0n) is 15.4. The summed E-state index contributed by atoms with van der Waals surface area (Å²) in [6.45, 7) is 7.44. The smallest absolute Gasteiger partial charge is 0.0721 e. The van der Waals surface area contributed by atoms with E-state index in [1.54, 1.807) is 0 Å². The second-order valence-corrected chi connectivity index (χ2v) is 7.16. The number of allylic oxidation sites excluding steroid dienone is 2. The van der Waals surface area contributed by atoms with Crippen LogP contribution < -0.4 is 0 Å². The van der Waals surface area contributed by atoms with Crippen LogP contribution in [0.5, 0.6) is 0 Å². The molecule has 0 saturated heterocycles. The van der Waals surface area contributed by atoms with E-state index in [2.05, 4.69) is 56.0 Å². The maximum Gasteiger partial charge on any atom is 0.0721 e. The number of aryl methyl sites for hydroxylation is 1. The molecule has 1 aromatic carbocycles. The van der Waals surface area contributed by atoms with E-state index in [0.717, 1.165) is 18.3 Å². The van der Waals surface area contributed by atoms with Gasteiger partial charge in [0.2, 0.25) is 0 Å². The Hall–Kier alpha value is -1.34. The molecule has 1 fully saturated rings. The molecule has 0 atom stereocenters. The van der Waals surface area contributed by atoms with Gasteiger partial charge in [0.05, 0.1) is 13.2 Å². The highest BCUT2D eigenvalue weighted by atomic mass is 16.5. The average Bonchev–Trinajstić information content (AvgIpc) is 2.62. The van der Waals surface area contributed by atoms with Crippen molar-refractivity contribution in [2.75, 3.05) is 6.61 Å². The molecule has 1 aliphatic rings. The van der Waals surface area contributed by atoms with Gasteiger partial charge in [-0.15, -0.1) is 6.58 Å². The van der Waals surface area contributed by atoms with E-state index >= 15 is 0 Å². The lowest BCUT2D eigenvalue weighted by atomic mass is 9.78. The Bertz CT molecular complexity index is 477. The molecule has 1 aliphatic carbocycles. The van der Waals surface area contributed by atoms with E-state index in [-0.39, 0.29) is 0 Å². The number of ether oxygens (including phenoxy) is 1. The van der Waals surface area contributed by atoms with Crippen LogP contribution in [0.2, 0.25) is 0 Å². The first-order valence-electron chi connectivity index (χ1n) is 9.73. The molecule has 0 N–H and O–H groups in total. The lowest BCUT2D eigenvalue weighted by Gasteiger charge is -2.27. The molecule has 0 radical (unpaired) electrons. The fraction of sp³-hybridized carbons (Fsp3) is 0.565. The predicted octanol–water partition coefficient (Wildman–Crippen LogP) is 6.48. The van der Waals surface area contributed by atoms with Gasteiger partial charge < -0.3 is 4.74 Å². The maximum absolute atomic E-state index is 5.65. The van der Waals surface area contributed by atoms with Gasteiger partial charge in [0.25, 0.3) is 0 Å². The second kappa shape index (κ2) is 11.3. The van der Waals surface area contributed by atoms with Crippen molar-refractivity contribution in [3.05, 3.63) is 60.2 Å². The van der Waals surface area contributed by atoms with Crippen molar-refractivity contribution in [1.29, 1.82) is 0 Å². The van der Waals surface area contributed by atoms with E-state index in [0.29, 0.717) is 13.2 Å². The van der Waals surface area contributed by atoms with Crippen LogP contribution in [-0.4, -0.2) is 6.61 Å². The van der Waals surface area contributed by atoms with Gasteiger partial charge in [-0.3, -0.25) is 0 Å². The fourth-order valence-corrected chi connectivity index (χ4v) is 3.64. The summed E-state index contributed by atoms with van der Waals surface area (Å²) in [5.74, 6) is 1.84. The molecule has 0 bridgehead atoms. The molecule has 0 aromatic heterocycles. The molecule has 24 heavy (non-hydrogen) atoms. The minimum atomic E-state index is 0.710. The van der Waals surface area contributed by atoms with Crippen LogP contribution in [0, 0.1) is 11.8 Å². The molecule has 1 nitrogen and oxygen atoms in total. The molecule has 0 spiro atoms. The number of rotatable bonds is 10. The molecule has 0 heterocycles. The monoisotopic (exact) mass is 326 g/mol. The number of benzene rings is 1. The summed E-state index contributed by atoms with van der Waals surface area (Å²) < 4.78 is 5.65. The highest BCUT2D eigenvalue weighted by Crippen LogP contribution is 2.33. The van der Waals surface area contributed by atoms with Crippen LogP contribution >= 0.6 is 0 Å². The molecular weight excluding hydrogens is 292 g/mol. The van der Waals surface area contributed by atoms with Gasteiger partial charge in [-0.1, -0.05) is 62.3 Å². The highest BCUT2D eigenvalue weighted by molar-refractivity contribution is 5.22. The Labute approximate surface area is 148 Å². The van der Waals surface area contributed by atoms with E-state index in [1.807, 2.05) is 0 Å². The van der Waals surface area contributed by atoms with Crippen molar-refractivity contribution in [3.8, 4) is 0 Å². The summed E-state index contributed by atoms with van der Waals surface area (Å²) in [4.78, 5) is 0. The maximum atomic E-state index is 5.65. The minimum absolute atomic E-state index is 0.710. The molecule has 2 rings (SSSR count). The molecular formula is C23H34O. The zero-order valence-corrected chi connectivity index (χ0v) is 15.4. The highest BCUT2D eigenvalue weighted by Gasteiger charge is 2.19. The molecule has 0 aliphatic heterocycles. The van der Waals surface area contributed by atoms with E-state index < -0.39 is 0 Å². The third-order valence-electron chi connectivity index (χ3n) is 5.22. The second-order valence-electron chi connectivity index (χ2n) is 7.16. The van der Waals surface area contributed by atoms with Crippen LogP contribution in [0.3, 0.4) is 0 Å². The minimum Gasteiger partial charge on any atom is -0.373 e. The van der Waals surface area contributed by atoms with Crippen LogP contribution in [0.1, 0.15) is 63.0 Å². The zero-order chi connectivity index (χ0) is 17.0. The Balaban J connectivity index is 1.65. The standard InChI is InChI=1S/C23H34O/c1-3-5-6-18-24-19-23-16-14-22(15-17-23)13-12-21-10-8-20(7-4-2)9-11-21/h4-6,14-17,20-21H,2-3,7-13,18-19H2,1H3/b6-5+. The third-order valence-corrected chi connectivity index (χ3v) is 5.22. The van der Waals surface area contributed by atoms with Gasteiger partial charge in [-0.05, 0) is 61.5 Å². The van der Waals surface area contributed by atoms with Gasteiger partial charge in [-0.25, -0.2) is 0 Å². The Morgan fingerprint density at radius 2 is 1.67 bits per heavy atom. The third kappa shape index (κ3) is 7.05. The van der Waals surface area contributed by atoms with Crippen LogP contribution in [0.15, 0.2) is 49.1 Å². The van der Waals surface area contributed by atoms with Crippen LogP contribution in [0.4, 0.5) is 0 Å². The molecule has 1 aromatic rings. The molecule has 0 unspecified atom stereocenters. The normalized spacial score (nSPS) is 21.2. The SMILES string of the molecule is C=CCC1CCC(CCc2ccc(COC/C=C/CC)cc2)CC1. The number of hydrogen-bond acceptors (Lipinski definition) is 1. The van der Waals surface area contributed by atoms with E-state index in [1.165, 1.54) is 56.1 Å². The fourth-order valence-electron chi connectivity index (χ4n) is 3.64. The Morgan fingerprint density at radius 1 is 1.00 bits per heavy atom. The van der Waals surface area contributed by atoms with Gasteiger partial charge in [0, 0.05) is 0 Å². The van der Waals surface area contributed by atoms with Crippen molar-refractivity contribution >= 4 is 0 Å². The summed E-state index contributed by atoms with van der Waals surface area (Å²) in [5.41, 5.74) is 2.74. The summed E-state index contributed by atoms with van der Waals surface area (Å²) in [5, 5.41) is 0. The van der Waals surface area contributed by atoms with Gasteiger partial charge in [-0.2, -0.15) is 0 Å². The topological polar surface area (TPSA) is 9.23 Å². The van der Waals surface area contributed by atoms with E-state index in [9.17, 15) is 0 Å². The van der Waals surface area contributed by atoms with E-state index in [4.69, 9.17) is 4.74 Å². The van der Waals surface area contributed by atoms with Crippen molar-refractivity contribution in [3.63, 3.8) is 0 Å². The summed E-state index contributed by atoms with van der Waals surface area (Å²) in [6, 6.07) is 9.01. The number of hydrogen-bond donors (Lipinski definition) is 0. The van der Waals surface area contributed by atoms with Gasteiger partial charge in [0.15, 0.2) is 0 Å². The molecule has 1 saturated carbocycles. The first kappa shape index (κ1) is 19.0. The summed E-state index contributed by atoms with van der Waals surface area (Å²) >= 11 is 0. The average molecular weight is 327 g/mol. The summed E-state index contributed by atoms with van der Waals surface area (Å²) in [7, 11) is 0. The van der Waals surface area contributed by atoms with Crippen LogP contribution in [0.25, 0.3) is 0 Å². The van der Waals surface area contributed by atoms with Gasteiger partial charge >= 0.3 is 0 Å². The lowest BCUT2D eigenvalue weighted by molar-refractivity contribution is 0.148. The van der Waals surface area contributed by atoms with Crippen LogP contribution in [-0.2, 0) is 17.8 Å². The van der Waals surface area contributed by atoms with Crippen molar-refractivity contribution in [2.24, 2.45) is 11.8 Å². The van der Waals surface area contributed by atoms with Crippen molar-refractivity contribution in [2.45, 2.75) is 64.9 Å². The summed E-state index contributed by atoms with van der Waals surface area (Å²) in [6.07, 6.45) is 16.8. The predicted molar refractivity (Wildman–Crippen MR) is 104 cm³/mol. The molecule has 132 valence electrons. The van der Waals surface area contributed by atoms with Crippen molar-refractivity contribution < 1.29 is 4.74 Å². The molecule has 0 amide bonds. The Kier molecular flexibility index (Phi) is 8.91. The molecule has 1 heteroatoms. The largest absolute Gasteiger partial charge is 0.373 e.